The Bertz CT molecular complexity index is 1250. The molecule has 0 heterocycles. The summed E-state index contributed by atoms with van der Waals surface area (Å²) in [5, 5.41) is 23.2. The summed E-state index contributed by atoms with van der Waals surface area (Å²) < 4.78 is 5.49. The van der Waals surface area contributed by atoms with Crippen LogP contribution in [0.25, 0.3) is 0 Å². The molecule has 0 spiro atoms. The van der Waals surface area contributed by atoms with Crippen molar-refractivity contribution in [3.05, 3.63) is 24.3 Å². The maximum Gasteiger partial charge on any atom is 0.305 e. The van der Waals surface area contributed by atoms with Crippen LogP contribution in [-0.4, -0.2) is 47.4 Å². The number of ether oxygens (including phenoxy) is 1. The third-order valence-electron chi connectivity index (χ3n) is 17.2. The van der Waals surface area contributed by atoms with Gasteiger partial charge in [0.15, 0.2) is 0 Å². The van der Waals surface area contributed by atoms with Gasteiger partial charge < -0.3 is 20.3 Å². The van der Waals surface area contributed by atoms with Gasteiger partial charge in [-0.25, -0.2) is 0 Å². The molecule has 0 aliphatic carbocycles. The Morgan fingerprint density at radius 3 is 0.887 bits per heavy atom. The van der Waals surface area contributed by atoms with Gasteiger partial charge >= 0.3 is 5.97 Å². The molecule has 0 aromatic heterocycles. The Hall–Kier alpha value is -1.66. The highest BCUT2D eigenvalue weighted by Gasteiger charge is 2.20. The van der Waals surface area contributed by atoms with Crippen molar-refractivity contribution in [2.45, 2.75) is 424 Å². The van der Waals surface area contributed by atoms with E-state index in [0.717, 1.165) is 44.9 Å². The van der Waals surface area contributed by atoms with Crippen LogP contribution in [0.3, 0.4) is 0 Å². The zero-order valence-corrected chi connectivity index (χ0v) is 54.3. The standard InChI is InChI=1S/C74H143NO5/c1-3-5-7-9-11-13-15-16-40-44-48-52-56-60-64-68-74(79)80-69-65-61-57-53-49-45-42-39-37-35-33-31-29-27-25-23-21-19-17-18-20-22-24-26-28-30-32-34-36-38-41-43-47-51-55-59-63-67-73(78)75-71(70-76)72(77)66-62-58-54-50-46-14-12-10-8-6-4-2/h16-17,19,40,71-72,76-77H,3-15,18,20-39,41-70H2,1-2H3,(H,75,78)/b19-17-,40-16-. The molecule has 0 saturated carbocycles. The van der Waals surface area contributed by atoms with Crippen molar-refractivity contribution in [3.63, 3.8) is 0 Å². The van der Waals surface area contributed by atoms with Crippen LogP contribution in [0.5, 0.6) is 0 Å². The van der Waals surface area contributed by atoms with E-state index < -0.39 is 12.1 Å². The van der Waals surface area contributed by atoms with Gasteiger partial charge in [0.05, 0.1) is 25.4 Å². The predicted molar refractivity (Wildman–Crippen MR) is 352 cm³/mol. The number of hydrogen-bond acceptors (Lipinski definition) is 5. The first-order valence-corrected chi connectivity index (χ1v) is 36.6. The minimum atomic E-state index is -0.659. The molecule has 0 rings (SSSR count). The van der Waals surface area contributed by atoms with Crippen molar-refractivity contribution in [2.24, 2.45) is 0 Å². The number of unbranched alkanes of at least 4 members (excludes halogenated alkanes) is 54. The molecule has 0 radical (unpaired) electrons. The van der Waals surface area contributed by atoms with E-state index in [4.69, 9.17) is 4.74 Å². The summed E-state index contributed by atoms with van der Waals surface area (Å²) in [5.74, 6) is -0.0159. The van der Waals surface area contributed by atoms with Crippen LogP contribution < -0.4 is 5.32 Å². The number of nitrogens with one attached hydrogen (secondary N) is 1. The lowest BCUT2D eigenvalue weighted by molar-refractivity contribution is -0.143. The van der Waals surface area contributed by atoms with E-state index in [1.54, 1.807) is 0 Å². The van der Waals surface area contributed by atoms with E-state index in [1.165, 1.54) is 334 Å². The van der Waals surface area contributed by atoms with Crippen molar-refractivity contribution >= 4 is 11.9 Å². The third-order valence-corrected chi connectivity index (χ3v) is 17.2. The van der Waals surface area contributed by atoms with E-state index in [1.807, 2.05) is 0 Å². The first kappa shape index (κ1) is 78.3. The maximum absolute atomic E-state index is 12.5. The highest BCUT2D eigenvalue weighted by molar-refractivity contribution is 5.76. The number of esters is 1. The molecule has 0 aromatic carbocycles. The molecule has 0 aromatic rings. The number of carbonyl (C=O) groups is 2. The molecule has 2 atom stereocenters. The highest BCUT2D eigenvalue weighted by Crippen LogP contribution is 2.19. The molecule has 6 nitrogen and oxygen atoms in total. The fourth-order valence-corrected chi connectivity index (χ4v) is 11.6. The third kappa shape index (κ3) is 65.5. The van der Waals surface area contributed by atoms with Crippen molar-refractivity contribution in [1.82, 2.24) is 5.32 Å². The van der Waals surface area contributed by atoms with E-state index >= 15 is 0 Å². The molecule has 6 heteroatoms. The van der Waals surface area contributed by atoms with Crippen molar-refractivity contribution in [1.29, 1.82) is 0 Å². The second-order valence-corrected chi connectivity index (χ2v) is 25.3. The van der Waals surface area contributed by atoms with Gasteiger partial charge in [-0.15, -0.1) is 0 Å². The van der Waals surface area contributed by atoms with Crippen LogP contribution >= 0.6 is 0 Å². The molecule has 474 valence electrons. The van der Waals surface area contributed by atoms with Gasteiger partial charge in [-0.05, 0) is 77.0 Å². The smallest absolute Gasteiger partial charge is 0.305 e. The Morgan fingerprint density at radius 1 is 0.338 bits per heavy atom. The Balaban J connectivity index is 3.30. The average molecular weight is 1130 g/mol. The van der Waals surface area contributed by atoms with Crippen LogP contribution in [0.15, 0.2) is 24.3 Å². The van der Waals surface area contributed by atoms with E-state index in [2.05, 4.69) is 43.5 Å². The Labute approximate surface area is 501 Å². The van der Waals surface area contributed by atoms with Crippen LogP contribution in [0.2, 0.25) is 0 Å². The van der Waals surface area contributed by atoms with Crippen LogP contribution in [0, 0.1) is 0 Å². The number of carbonyl (C=O) groups excluding carboxylic acids is 2. The number of hydrogen-bond donors (Lipinski definition) is 3. The molecule has 0 bridgehead atoms. The zero-order chi connectivity index (χ0) is 57.8. The van der Waals surface area contributed by atoms with Crippen LogP contribution in [0.4, 0.5) is 0 Å². The van der Waals surface area contributed by atoms with Crippen LogP contribution in [-0.2, 0) is 14.3 Å². The first-order valence-electron chi connectivity index (χ1n) is 36.6. The molecule has 2 unspecified atom stereocenters. The van der Waals surface area contributed by atoms with E-state index in [0.29, 0.717) is 25.9 Å². The molecule has 0 fully saturated rings. The molecule has 0 aliphatic rings. The summed E-state index contributed by atoms with van der Waals surface area (Å²) in [4.78, 5) is 24.5. The normalized spacial score (nSPS) is 12.6. The van der Waals surface area contributed by atoms with Gasteiger partial charge in [-0.3, -0.25) is 9.59 Å². The largest absolute Gasteiger partial charge is 0.466 e. The minimum Gasteiger partial charge on any atom is -0.466 e. The highest BCUT2D eigenvalue weighted by atomic mass is 16.5. The molecule has 3 N–H and O–H groups in total. The molecule has 0 aliphatic heterocycles. The SMILES string of the molecule is CCCCCCCC/C=C\CCCCCCCC(=O)OCCCCCCCCCCCCCCCCCC/C=C\CCCCCCCCCCCCCCCCCCCC(=O)NC(CO)C(O)CCCCCCCCCCCCC. The summed E-state index contributed by atoms with van der Waals surface area (Å²) in [6.45, 7) is 4.97. The predicted octanol–water partition coefficient (Wildman–Crippen LogP) is 23.7. The number of aliphatic hydroxyl groups is 2. The summed E-state index contributed by atoms with van der Waals surface area (Å²) in [7, 11) is 0. The molecule has 80 heavy (non-hydrogen) atoms. The van der Waals surface area contributed by atoms with Crippen LogP contribution in [0.1, 0.15) is 412 Å². The fraction of sp³-hybridized carbons (Fsp3) is 0.919. The number of aliphatic hydroxyl groups excluding tert-OH is 2. The Morgan fingerprint density at radius 2 is 0.588 bits per heavy atom. The first-order chi connectivity index (χ1) is 39.5. The maximum atomic E-state index is 12.5. The lowest BCUT2D eigenvalue weighted by Gasteiger charge is -2.22. The Kier molecular flexibility index (Phi) is 68.4. The minimum absolute atomic E-state index is 0.0141. The molecular weight excluding hydrogens is 983 g/mol. The van der Waals surface area contributed by atoms with Gasteiger partial charge in [0.1, 0.15) is 0 Å². The number of amides is 1. The monoisotopic (exact) mass is 1130 g/mol. The van der Waals surface area contributed by atoms with Gasteiger partial charge in [-0.2, -0.15) is 0 Å². The van der Waals surface area contributed by atoms with Gasteiger partial charge in [0, 0.05) is 12.8 Å². The zero-order valence-electron chi connectivity index (χ0n) is 54.3. The topological polar surface area (TPSA) is 95.9 Å². The van der Waals surface area contributed by atoms with E-state index in [-0.39, 0.29) is 18.5 Å². The fourth-order valence-electron chi connectivity index (χ4n) is 11.6. The molecule has 1 amide bonds. The lowest BCUT2D eigenvalue weighted by Crippen LogP contribution is -2.45. The van der Waals surface area contributed by atoms with Gasteiger partial charge in [-0.1, -0.05) is 346 Å². The number of rotatable bonds is 69. The van der Waals surface area contributed by atoms with E-state index in [9.17, 15) is 19.8 Å². The average Bonchev–Trinajstić information content (AvgIpc) is 3.46. The lowest BCUT2D eigenvalue weighted by atomic mass is 10.0. The molecule has 0 saturated heterocycles. The number of allylic oxidation sites excluding steroid dienone is 4. The van der Waals surface area contributed by atoms with Gasteiger partial charge in [0.25, 0.3) is 0 Å². The molecular formula is C74H143NO5. The summed E-state index contributed by atoms with van der Waals surface area (Å²) in [5.41, 5.74) is 0. The second-order valence-electron chi connectivity index (χ2n) is 25.3. The van der Waals surface area contributed by atoms with Crippen molar-refractivity contribution in [2.75, 3.05) is 13.2 Å². The quantitative estimate of drug-likeness (QED) is 0.0320. The summed E-state index contributed by atoms with van der Waals surface area (Å²) in [6, 6.07) is -0.536. The summed E-state index contributed by atoms with van der Waals surface area (Å²) >= 11 is 0. The summed E-state index contributed by atoms with van der Waals surface area (Å²) in [6.07, 6.45) is 88.3. The van der Waals surface area contributed by atoms with Crippen molar-refractivity contribution in [3.8, 4) is 0 Å². The van der Waals surface area contributed by atoms with Gasteiger partial charge in [0.2, 0.25) is 5.91 Å². The second kappa shape index (κ2) is 69.8. The van der Waals surface area contributed by atoms with Crippen molar-refractivity contribution < 1.29 is 24.5 Å².